The van der Waals surface area contributed by atoms with E-state index in [-0.39, 0.29) is 0 Å². The van der Waals surface area contributed by atoms with Gasteiger partial charge in [-0.1, -0.05) is 24.3 Å². The zero-order chi connectivity index (χ0) is 8.23. The lowest BCUT2D eigenvalue weighted by Gasteiger charge is -2.09. The number of aromatic nitrogens is 1. The van der Waals surface area contributed by atoms with E-state index in [1.807, 2.05) is 0 Å². The summed E-state index contributed by atoms with van der Waals surface area (Å²) in [5, 5.41) is 0. The Balaban J connectivity index is 1.96. The van der Waals surface area contributed by atoms with Gasteiger partial charge in [-0.05, 0) is 12.3 Å². The van der Waals surface area contributed by atoms with Gasteiger partial charge in [-0.25, -0.2) is 4.98 Å². The van der Waals surface area contributed by atoms with E-state index in [0.717, 1.165) is 18.6 Å². The van der Waals surface area contributed by atoms with Crippen molar-refractivity contribution in [2.24, 2.45) is 5.92 Å². The van der Waals surface area contributed by atoms with Crippen LogP contribution in [0.1, 0.15) is 12.2 Å². The third-order valence-electron chi connectivity index (χ3n) is 2.02. The quantitative estimate of drug-likeness (QED) is 0.665. The fourth-order valence-corrected chi connectivity index (χ4v) is 1.38. The Morgan fingerprint density at radius 3 is 3.17 bits per heavy atom. The van der Waals surface area contributed by atoms with Crippen LogP contribution in [0, 0.1) is 5.92 Å². The monoisotopic (exact) mass is 161 g/mol. The molecule has 1 aromatic heterocycles. The fourth-order valence-electron chi connectivity index (χ4n) is 1.38. The van der Waals surface area contributed by atoms with Crippen LogP contribution in [0.25, 0.3) is 0 Å². The third kappa shape index (κ3) is 1.64. The molecule has 1 heterocycles. The minimum atomic E-state index is 0.586. The molecule has 0 bridgehead atoms. The minimum absolute atomic E-state index is 0.586. The van der Waals surface area contributed by atoms with Crippen LogP contribution >= 0.6 is 0 Å². The molecule has 0 aromatic carbocycles. The van der Waals surface area contributed by atoms with Gasteiger partial charge in [0.05, 0.1) is 6.20 Å². The lowest BCUT2D eigenvalue weighted by molar-refractivity contribution is 0.472. The summed E-state index contributed by atoms with van der Waals surface area (Å²) in [5.41, 5.74) is 0. The van der Waals surface area contributed by atoms with Gasteiger partial charge in [-0.3, -0.25) is 0 Å². The van der Waals surface area contributed by atoms with Crippen molar-refractivity contribution in [2.75, 3.05) is 0 Å². The van der Waals surface area contributed by atoms with Crippen LogP contribution < -0.4 is 0 Å². The first-order valence-corrected chi connectivity index (χ1v) is 4.16. The Morgan fingerprint density at radius 1 is 1.50 bits per heavy atom. The largest absolute Gasteiger partial charge is 0.449 e. The number of rotatable bonds is 2. The lowest BCUT2D eigenvalue weighted by Crippen LogP contribution is -2.00. The Bertz CT molecular complexity index is 285. The van der Waals surface area contributed by atoms with E-state index < -0.39 is 0 Å². The van der Waals surface area contributed by atoms with Gasteiger partial charge >= 0.3 is 0 Å². The van der Waals surface area contributed by atoms with Crippen molar-refractivity contribution in [1.82, 2.24) is 4.98 Å². The van der Waals surface area contributed by atoms with E-state index >= 15 is 0 Å². The molecule has 0 aliphatic heterocycles. The summed E-state index contributed by atoms with van der Waals surface area (Å²) >= 11 is 0. The maximum absolute atomic E-state index is 5.17. The molecule has 1 aliphatic carbocycles. The molecule has 1 unspecified atom stereocenters. The molecular weight excluding hydrogens is 150 g/mol. The molecule has 62 valence electrons. The first-order valence-electron chi connectivity index (χ1n) is 4.16. The molecule has 1 atom stereocenters. The van der Waals surface area contributed by atoms with E-state index in [0.29, 0.717) is 5.92 Å². The zero-order valence-electron chi connectivity index (χ0n) is 6.81. The summed E-state index contributed by atoms with van der Waals surface area (Å²) in [7, 11) is 0. The second-order valence-corrected chi connectivity index (χ2v) is 2.98. The smallest absolute Gasteiger partial charge is 0.180 e. The molecule has 0 amide bonds. The van der Waals surface area contributed by atoms with Crippen LogP contribution in [0.3, 0.4) is 0 Å². The highest BCUT2D eigenvalue weighted by atomic mass is 16.3. The van der Waals surface area contributed by atoms with Crippen LogP contribution in [0.4, 0.5) is 0 Å². The van der Waals surface area contributed by atoms with E-state index in [1.165, 1.54) is 6.39 Å². The topological polar surface area (TPSA) is 26.0 Å². The average Bonchev–Trinajstić information content (AvgIpc) is 2.59. The fraction of sp³-hybridized carbons (Fsp3) is 0.300. The van der Waals surface area contributed by atoms with Crippen molar-refractivity contribution in [3.8, 4) is 0 Å². The highest BCUT2D eigenvalue weighted by Crippen LogP contribution is 2.16. The highest BCUT2D eigenvalue weighted by molar-refractivity contribution is 5.12. The predicted octanol–water partition coefficient (Wildman–Crippen LogP) is 2.35. The molecular formula is C10H11NO. The maximum Gasteiger partial charge on any atom is 0.180 e. The molecule has 2 rings (SSSR count). The Morgan fingerprint density at radius 2 is 2.50 bits per heavy atom. The summed E-state index contributed by atoms with van der Waals surface area (Å²) < 4.78 is 5.17. The molecule has 12 heavy (non-hydrogen) atoms. The van der Waals surface area contributed by atoms with Crippen LogP contribution in [-0.2, 0) is 6.42 Å². The molecule has 0 spiro atoms. The molecule has 0 saturated carbocycles. The summed E-state index contributed by atoms with van der Waals surface area (Å²) in [4.78, 5) is 3.88. The van der Waals surface area contributed by atoms with Crippen LogP contribution in [0.5, 0.6) is 0 Å². The standard InChI is InChI=1S/C10H11NO/c1-2-4-9(5-3-1)6-10-7-11-8-12-10/h1-4,7-9H,5-6H2. The maximum atomic E-state index is 5.17. The van der Waals surface area contributed by atoms with Crippen LogP contribution in [0.15, 0.2) is 41.3 Å². The summed E-state index contributed by atoms with van der Waals surface area (Å²) in [6.45, 7) is 0. The van der Waals surface area contributed by atoms with Crippen molar-refractivity contribution >= 4 is 0 Å². The lowest BCUT2D eigenvalue weighted by atomic mass is 9.96. The molecule has 1 aromatic rings. The van der Waals surface area contributed by atoms with Crippen molar-refractivity contribution in [3.05, 3.63) is 42.7 Å². The van der Waals surface area contributed by atoms with Gasteiger partial charge in [0.15, 0.2) is 6.39 Å². The molecule has 2 nitrogen and oxygen atoms in total. The van der Waals surface area contributed by atoms with Crippen molar-refractivity contribution in [1.29, 1.82) is 0 Å². The first-order chi connectivity index (χ1) is 5.95. The molecule has 0 fully saturated rings. The average molecular weight is 161 g/mol. The Hall–Kier alpha value is -1.31. The van der Waals surface area contributed by atoms with Gasteiger partial charge in [-0.15, -0.1) is 0 Å². The van der Waals surface area contributed by atoms with E-state index in [9.17, 15) is 0 Å². The van der Waals surface area contributed by atoms with Crippen LogP contribution in [0.2, 0.25) is 0 Å². The summed E-state index contributed by atoms with van der Waals surface area (Å²) in [6, 6.07) is 0. The molecule has 0 saturated heterocycles. The summed E-state index contributed by atoms with van der Waals surface area (Å²) in [6.07, 6.45) is 13.9. The minimum Gasteiger partial charge on any atom is -0.449 e. The van der Waals surface area contributed by atoms with E-state index in [4.69, 9.17) is 4.42 Å². The number of hydrogen-bond donors (Lipinski definition) is 0. The molecule has 0 radical (unpaired) electrons. The van der Waals surface area contributed by atoms with Crippen molar-refractivity contribution in [2.45, 2.75) is 12.8 Å². The van der Waals surface area contributed by atoms with Crippen molar-refractivity contribution in [3.63, 3.8) is 0 Å². The zero-order valence-corrected chi connectivity index (χ0v) is 6.81. The van der Waals surface area contributed by atoms with Gasteiger partial charge in [0.25, 0.3) is 0 Å². The SMILES string of the molecule is C1=CCC(Cc2cnco2)C=C1. The van der Waals surface area contributed by atoms with Gasteiger partial charge in [0.1, 0.15) is 5.76 Å². The van der Waals surface area contributed by atoms with Crippen LogP contribution in [-0.4, -0.2) is 4.98 Å². The van der Waals surface area contributed by atoms with E-state index in [2.05, 4.69) is 29.3 Å². The normalized spacial score (nSPS) is 21.5. The highest BCUT2D eigenvalue weighted by Gasteiger charge is 2.07. The predicted molar refractivity (Wildman–Crippen MR) is 46.6 cm³/mol. The molecule has 0 N–H and O–H groups in total. The Kier molecular flexibility index (Phi) is 2.08. The van der Waals surface area contributed by atoms with Gasteiger partial charge in [0, 0.05) is 6.42 Å². The molecule has 1 aliphatic rings. The number of allylic oxidation sites excluding steroid dienone is 4. The first kappa shape index (κ1) is 7.35. The van der Waals surface area contributed by atoms with Gasteiger partial charge in [-0.2, -0.15) is 0 Å². The second-order valence-electron chi connectivity index (χ2n) is 2.98. The number of hydrogen-bond acceptors (Lipinski definition) is 2. The Labute approximate surface area is 71.6 Å². The van der Waals surface area contributed by atoms with Gasteiger partial charge in [0.2, 0.25) is 0 Å². The third-order valence-corrected chi connectivity index (χ3v) is 2.02. The van der Waals surface area contributed by atoms with E-state index in [1.54, 1.807) is 6.20 Å². The number of oxazole rings is 1. The number of nitrogens with zero attached hydrogens (tertiary/aromatic N) is 1. The van der Waals surface area contributed by atoms with Crippen molar-refractivity contribution < 1.29 is 4.42 Å². The second kappa shape index (κ2) is 3.39. The van der Waals surface area contributed by atoms with Gasteiger partial charge < -0.3 is 4.42 Å². The molecule has 2 heteroatoms. The summed E-state index contributed by atoms with van der Waals surface area (Å²) in [5.74, 6) is 1.56.